The van der Waals surface area contributed by atoms with Crippen molar-refractivity contribution in [3.8, 4) is 11.5 Å². The molecule has 0 aromatic heterocycles. The Bertz CT molecular complexity index is 424. The standard InChI is InChI=1S/C15H24BrNO3/c1-5-12(18)9-20-15-13(16)6-11(7-14(15)19-4)8-17-10(2)3/h6-7,10,12,17-18H,5,8-9H2,1-4H3. The molecule has 20 heavy (non-hydrogen) atoms. The molecule has 1 atom stereocenters. The van der Waals surface area contributed by atoms with Gasteiger partial charge in [-0.2, -0.15) is 0 Å². The van der Waals surface area contributed by atoms with E-state index in [9.17, 15) is 5.11 Å². The summed E-state index contributed by atoms with van der Waals surface area (Å²) in [5.41, 5.74) is 1.12. The lowest BCUT2D eigenvalue weighted by Crippen LogP contribution is -2.22. The maximum absolute atomic E-state index is 9.58. The number of hydrogen-bond acceptors (Lipinski definition) is 4. The molecule has 2 N–H and O–H groups in total. The van der Waals surface area contributed by atoms with Crippen molar-refractivity contribution >= 4 is 15.9 Å². The second-order valence-corrected chi connectivity index (χ2v) is 5.87. The summed E-state index contributed by atoms with van der Waals surface area (Å²) < 4.78 is 11.9. The van der Waals surface area contributed by atoms with Crippen LogP contribution in [0.4, 0.5) is 0 Å². The number of aliphatic hydroxyl groups is 1. The van der Waals surface area contributed by atoms with Crippen LogP contribution in [0.15, 0.2) is 16.6 Å². The van der Waals surface area contributed by atoms with Crippen LogP contribution in [0.2, 0.25) is 0 Å². The van der Waals surface area contributed by atoms with Crippen LogP contribution < -0.4 is 14.8 Å². The highest BCUT2D eigenvalue weighted by Crippen LogP contribution is 2.36. The molecule has 0 bridgehead atoms. The van der Waals surface area contributed by atoms with Crippen molar-refractivity contribution in [3.63, 3.8) is 0 Å². The van der Waals surface area contributed by atoms with Crippen LogP contribution in [0.3, 0.4) is 0 Å². The predicted molar refractivity (Wildman–Crippen MR) is 84.5 cm³/mol. The minimum atomic E-state index is -0.464. The monoisotopic (exact) mass is 345 g/mol. The van der Waals surface area contributed by atoms with Gasteiger partial charge < -0.3 is 19.9 Å². The van der Waals surface area contributed by atoms with E-state index >= 15 is 0 Å². The van der Waals surface area contributed by atoms with E-state index in [0.29, 0.717) is 24.0 Å². The summed E-state index contributed by atoms with van der Waals surface area (Å²) in [6.45, 7) is 7.16. The van der Waals surface area contributed by atoms with Gasteiger partial charge >= 0.3 is 0 Å². The SMILES string of the molecule is CCC(O)COc1c(Br)cc(CNC(C)C)cc1OC. The fraction of sp³-hybridized carbons (Fsp3) is 0.600. The molecule has 5 heteroatoms. The number of methoxy groups -OCH3 is 1. The van der Waals surface area contributed by atoms with Crippen molar-refractivity contribution in [1.29, 1.82) is 0 Å². The van der Waals surface area contributed by atoms with Crippen molar-refractivity contribution in [3.05, 3.63) is 22.2 Å². The van der Waals surface area contributed by atoms with E-state index in [0.717, 1.165) is 16.6 Å². The molecule has 0 spiro atoms. The molecule has 4 nitrogen and oxygen atoms in total. The van der Waals surface area contributed by atoms with Crippen LogP contribution in [0, 0.1) is 0 Å². The molecule has 0 radical (unpaired) electrons. The molecule has 0 heterocycles. The van der Waals surface area contributed by atoms with E-state index in [1.165, 1.54) is 0 Å². The van der Waals surface area contributed by atoms with Gasteiger partial charge in [-0.1, -0.05) is 20.8 Å². The first-order chi connectivity index (χ1) is 9.47. The molecule has 1 aromatic carbocycles. The summed E-state index contributed by atoms with van der Waals surface area (Å²) in [4.78, 5) is 0. The summed E-state index contributed by atoms with van der Waals surface area (Å²) in [6.07, 6.45) is 0.199. The number of nitrogens with one attached hydrogen (secondary N) is 1. The van der Waals surface area contributed by atoms with Crippen LogP contribution in [0.25, 0.3) is 0 Å². The quantitative estimate of drug-likeness (QED) is 0.760. The molecule has 1 aromatic rings. The molecule has 0 aliphatic carbocycles. The summed E-state index contributed by atoms with van der Waals surface area (Å²) in [6, 6.07) is 4.38. The molecule has 0 saturated heterocycles. The largest absolute Gasteiger partial charge is 0.493 e. The van der Waals surface area contributed by atoms with E-state index in [4.69, 9.17) is 9.47 Å². The molecular weight excluding hydrogens is 322 g/mol. The Hall–Kier alpha value is -0.780. The third-order valence-electron chi connectivity index (χ3n) is 2.89. The lowest BCUT2D eigenvalue weighted by Gasteiger charge is -2.17. The van der Waals surface area contributed by atoms with Gasteiger partial charge in [0.2, 0.25) is 0 Å². The molecule has 0 fully saturated rings. The normalized spacial score (nSPS) is 12.6. The van der Waals surface area contributed by atoms with Gasteiger partial charge in [0.05, 0.1) is 17.7 Å². The minimum absolute atomic E-state index is 0.259. The Labute approximate surface area is 129 Å². The molecule has 0 aliphatic rings. The highest BCUT2D eigenvalue weighted by atomic mass is 79.9. The second kappa shape index (κ2) is 8.49. The molecule has 114 valence electrons. The van der Waals surface area contributed by atoms with Crippen LogP contribution in [0.1, 0.15) is 32.8 Å². The molecular formula is C15H24BrNO3. The third kappa shape index (κ3) is 5.31. The Balaban J connectivity index is 2.84. The zero-order valence-corrected chi connectivity index (χ0v) is 14.2. The third-order valence-corrected chi connectivity index (χ3v) is 3.48. The lowest BCUT2D eigenvalue weighted by molar-refractivity contribution is 0.102. The summed E-state index contributed by atoms with van der Waals surface area (Å²) in [5.74, 6) is 1.30. The van der Waals surface area contributed by atoms with Gasteiger partial charge in [-0.3, -0.25) is 0 Å². The van der Waals surface area contributed by atoms with E-state index < -0.39 is 6.10 Å². The molecule has 0 saturated carbocycles. The van der Waals surface area contributed by atoms with Crippen LogP contribution in [-0.4, -0.2) is 31.0 Å². The van der Waals surface area contributed by atoms with Crippen molar-refractivity contribution in [2.24, 2.45) is 0 Å². The summed E-state index contributed by atoms with van der Waals surface area (Å²) >= 11 is 3.50. The van der Waals surface area contributed by atoms with Gasteiger partial charge in [-0.25, -0.2) is 0 Å². The van der Waals surface area contributed by atoms with Gasteiger partial charge in [-0.05, 0) is 40.0 Å². The number of aliphatic hydroxyl groups excluding tert-OH is 1. The number of rotatable bonds is 8. The predicted octanol–water partition coefficient (Wildman–Crippen LogP) is 3.11. The van der Waals surface area contributed by atoms with E-state index in [-0.39, 0.29) is 6.61 Å². The molecule has 1 rings (SSSR count). The zero-order valence-electron chi connectivity index (χ0n) is 12.6. The lowest BCUT2D eigenvalue weighted by atomic mass is 10.2. The minimum Gasteiger partial charge on any atom is -0.493 e. The Morgan fingerprint density at radius 1 is 1.35 bits per heavy atom. The second-order valence-electron chi connectivity index (χ2n) is 5.02. The van der Waals surface area contributed by atoms with Crippen molar-refractivity contribution in [2.75, 3.05) is 13.7 Å². The number of halogens is 1. The van der Waals surface area contributed by atoms with Gasteiger partial charge in [0.1, 0.15) is 6.61 Å². The van der Waals surface area contributed by atoms with Crippen molar-refractivity contribution in [2.45, 2.75) is 45.9 Å². The van der Waals surface area contributed by atoms with Crippen LogP contribution >= 0.6 is 15.9 Å². The average molecular weight is 346 g/mol. The number of benzene rings is 1. The average Bonchev–Trinajstić information content (AvgIpc) is 2.42. The maximum atomic E-state index is 9.58. The smallest absolute Gasteiger partial charge is 0.175 e. The zero-order chi connectivity index (χ0) is 15.1. The Kier molecular flexibility index (Phi) is 7.34. The van der Waals surface area contributed by atoms with Crippen molar-refractivity contribution in [1.82, 2.24) is 5.32 Å². The topological polar surface area (TPSA) is 50.7 Å². The van der Waals surface area contributed by atoms with Crippen molar-refractivity contribution < 1.29 is 14.6 Å². The fourth-order valence-electron chi connectivity index (χ4n) is 1.63. The Morgan fingerprint density at radius 3 is 2.60 bits per heavy atom. The first-order valence-corrected chi connectivity index (χ1v) is 7.67. The summed E-state index contributed by atoms with van der Waals surface area (Å²) in [5, 5.41) is 12.9. The molecule has 1 unspecified atom stereocenters. The number of hydrogen-bond donors (Lipinski definition) is 2. The maximum Gasteiger partial charge on any atom is 0.175 e. The van der Waals surface area contributed by atoms with Gasteiger partial charge in [0, 0.05) is 12.6 Å². The van der Waals surface area contributed by atoms with E-state index in [1.807, 2.05) is 19.1 Å². The molecule has 0 amide bonds. The number of ether oxygens (including phenoxy) is 2. The molecule has 0 aliphatic heterocycles. The van der Waals surface area contributed by atoms with Gasteiger partial charge in [0.15, 0.2) is 11.5 Å². The highest BCUT2D eigenvalue weighted by molar-refractivity contribution is 9.10. The van der Waals surface area contributed by atoms with Gasteiger partial charge in [-0.15, -0.1) is 0 Å². The highest BCUT2D eigenvalue weighted by Gasteiger charge is 2.13. The van der Waals surface area contributed by atoms with Gasteiger partial charge in [0.25, 0.3) is 0 Å². The van der Waals surface area contributed by atoms with E-state index in [2.05, 4.69) is 35.1 Å². The van der Waals surface area contributed by atoms with Crippen LogP contribution in [0.5, 0.6) is 11.5 Å². The van der Waals surface area contributed by atoms with Crippen LogP contribution in [-0.2, 0) is 6.54 Å². The fourth-order valence-corrected chi connectivity index (χ4v) is 2.24. The van der Waals surface area contributed by atoms with E-state index in [1.54, 1.807) is 7.11 Å². The Morgan fingerprint density at radius 2 is 2.05 bits per heavy atom. The first kappa shape index (κ1) is 17.3. The summed E-state index contributed by atoms with van der Waals surface area (Å²) in [7, 11) is 1.62. The first-order valence-electron chi connectivity index (χ1n) is 6.88.